The highest BCUT2D eigenvalue weighted by atomic mass is 19.1. The van der Waals surface area contributed by atoms with E-state index in [0.29, 0.717) is 0 Å². The van der Waals surface area contributed by atoms with Crippen LogP contribution in [0.2, 0.25) is 0 Å². The van der Waals surface area contributed by atoms with Crippen LogP contribution in [0.15, 0.2) is 0 Å². The van der Waals surface area contributed by atoms with E-state index in [1.807, 2.05) is 0 Å². The molecule has 1 unspecified atom stereocenters. The second kappa shape index (κ2) is 2.28. The molecule has 0 saturated heterocycles. The minimum Gasteiger partial charge on any atom is -0.247 e. The highest BCUT2D eigenvalue weighted by molar-refractivity contribution is 4.84. The molecule has 1 aliphatic carbocycles. The van der Waals surface area contributed by atoms with Crippen LogP contribution in [-0.4, -0.2) is 6.17 Å². The van der Waals surface area contributed by atoms with Crippen LogP contribution in [0.25, 0.3) is 0 Å². The molecule has 1 rings (SSSR count). The average Bonchev–Trinajstić information content (AvgIpc) is 2.16. The predicted octanol–water partition coefficient (Wildman–Crippen LogP) is 2.92. The Morgan fingerprint density at radius 3 is 2.00 bits per heavy atom. The number of hydrogen-bond acceptors (Lipinski definition) is 0. The molecule has 1 fully saturated rings. The van der Waals surface area contributed by atoms with E-state index in [-0.39, 0.29) is 5.41 Å². The van der Waals surface area contributed by atoms with E-state index in [4.69, 9.17) is 0 Å². The van der Waals surface area contributed by atoms with Gasteiger partial charge in [-0.1, -0.05) is 19.8 Å². The highest BCUT2D eigenvalue weighted by Gasteiger charge is 2.34. The number of hydrogen-bond donors (Lipinski definition) is 0. The van der Waals surface area contributed by atoms with Crippen molar-refractivity contribution in [3.63, 3.8) is 0 Å². The molecule has 1 atom stereocenters. The summed E-state index contributed by atoms with van der Waals surface area (Å²) in [7, 11) is 0. The Morgan fingerprint density at radius 1 is 1.33 bits per heavy atom. The van der Waals surface area contributed by atoms with Gasteiger partial charge in [0.2, 0.25) is 0 Å². The SMILES string of the molecule is CC(F)C1(C)CCCC1. The summed E-state index contributed by atoms with van der Waals surface area (Å²) in [4.78, 5) is 0. The molecule has 1 saturated carbocycles. The fraction of sp³-hybridized carbons (Fsp3) is 1.00. The van der Waals surface area contributed by atoms with Crippen LogP contribution in [0, 0.1) is 5.41 Å². The summed E-state index contributed by atoms with van der Waals surface area (Å²) in [5, 5.41) is 0. The Balaban J connectivity index is 2.51. The zero-order valence-electron chi connectivity index (χ0n) is 6.28. The molecule has 0 aromatic heterocycles. The molecule has 0 heterocycles. The first-order valence-electron chi connectivity index (χ1n) is 3.79. The van der Waals surface area contributed by atoms with Crippen LogP contribution in [-0.2, 0) is 0 Å². The molecular weight excluding hydrogens is 115 g/mol. The van der Waals surface area contributed by atoms with Gasteiger partial charge in [0.05, 0.1) is 0 Å². The zero-order chi connectivity index (χ0) is 6.91. The summed E-state index contributed by atoms with van der Waals surface area (Å²) in [6.07, 6.45) is 4.02. The maximum atomic E-state index is 12.8. The largest absolute Gasteiger partial charge is 0.247 e. The summed E-state index contributed by atoms with van der Waals surface area (Å²) in [6.45, 7) is 3.75. The van der Waals surface area contributed by atoms with E-state index in [0.717, 1.165) is 12.8 Å². The smallest absolute Gasteiger partial charge is 0.103 e. The Bertz CT molecular complexity index is 90.7. The van der Waals surface area contributed by atoms with Gasteiger partial charge in [0, 0.05) is 0 Å². The van der Waals surface area contributed by atoms with Crippen LogP contribution in [0.4, 0.5) is 4.39 Å². The molecule has 0 aliphatic heterocycles. The Morgan fingerprint density at radius 2 is 1.78 bits per heavy atom. The van der Waals surface area contributed by atoms with Crippen LogP contribution in [0.3, 0.4) is 0 Å². The molecule has 0 aromatic carbocycles. The van der Waals surface area contributed by atoms with Crippen molar-refractivity contribution >= 4 is 0 Å². The van der Waals surface area contributed by atoms with Gasteiger partial charge in [-0.05, 0) is 25.2 Å². The molecule has 1 aliphatic rings. The lowest BCUT2D eigenvalue weighted by Crippen LogP contribution is -2.22. The number of rotatable bonds is 1. The maximum absolute atomic E-state index is 12.8. The molecule has 0 N–H and O–H groups in total. The molecule has 0 spiro atoms. The van der Waals surface area contributed by atoms with E-state index < -0.39 is 6.17 Å². The lowest BCUT2D eigenvalue weighted by atomic mass is 9.84. The third-order valence-electron chi connectivity index (χ3n) is 2.71. The average molecular weight is 130 g/mol. The highest BCUT2D eigenvalue weighted by Crippen LogP contribution is 2.41. The fourth-order valence-corrected chi connectivity index (χ4v) is 1.58. The van der Waals surface area contributed by atoms with Crippen molar-refractivity contribution in [1.29, 1.82) is 0 Å². The standard InChI is InChI=1S/C8H15F/c1-7(9)8(2)5-3-4-6-8/h7H,3-6H2,1-2H3. The summed E-state index contributed by atoms with van der Waals surface area (Å²) >= 11 is 0. The molecule has 0 bridgehead atoms. The van der Waals surface area contributed by atoms with Gasteiger partial charge in [0.1, 0.15) is 6.17 Å². The van der Waals surface area contributed by atoms with Crippen molar-refractivity contribution in [3.05, 3.63) is 0 Å². The minimum atomic E-state index is -0.611. The lowest BCUT2D eigenvalue weighted by molar-refractivity contribution is 0.147. The zero-order valence-corrected chi connectivity index (χ0v) is 6.28. The van der Waals surface area contributed by atoms with Crippen LogP contribution in [0.1, 0.15) is 39.5 Å². The van der Waals surface area contributed by atoms with Gasteiger partial charge >= 0.3 is 0 Å². The van der Waals surface area contributed by atoms with Crippen LogP contribution >= 0.6 is 0 Å². The molecule has 9 heavy (non-hydrogen) atoms. The van der Waals surface area contributed by atoms with Gasteiger partial charge < -0.3 is 0 Å². The lowest BCUT2D eigenvalue weighted by Gasteiger charge is -2.24. The molecule has 0 nitrogen and oxygen atoms in total. The Hall–Kier alpha value is -0.0700. The van der Waals surface area contributed by atoms with Crippen molar-refractivity contribution in [1.82, 2.24) is 0 Å². The molecule has 54 valence electrons. The van der Waals surface area contributed by atoms with Gasteiger partial charge in [-0.15, -0.1) is 0 Å². The van der Waals surface area contributed by atoms with E-state index in [9.17, 15) is 4.39 Å². The van der Waals surface area contributed by atoms with E-state index >= 15 is 0 Å². The Labute approximate surface area is 56.5 Å². The molecular formula is C8H15F. The van der Waals surface area contributed by atoms with E-state index in [2.05, 4.69) is 6.92 Å². The summed E-state index contributed by atoms with van der Waals surface area (Å²) in [6, 6.07) is 0. The van der Waals surface area contributed by atoms with Crippen molar-refractivity contribution in [2.24, 2.45) is 5.41 Å². The van der Waals surface area contributed by atoms with Gasteiger partial charge in [-0.3, -0.25) is 0 Å². The third kappa shape index (κ3) is 1.25. The third-order valence-corrected chi connectivity index (χ3v) is 2.71. The van der Waals surface area contributed by atoms with Crippen molar-refractivity contribution in [2.75, 3.05) is 0 Å². The predicted molar refractivity (Wildman–Crippen MR) is 37.1 cm³/mol. The van der Waals surface area contributed by atoms with E-state index in [1.165, 1.54) is 12.8 Å². The first-order chi connectivity index (χ1) is 4.15. The van der Waals surface area contributed by atoms with Gasteiger partial charge in [0.15, 0.2) is 0 Å². The van der Waals surface area contributed by atoms with Gasteiger partial charge in [-0.25, -0.2) is 4.39 Å². The fourth-order valence-electron chi connectivity index (χ4n) is 1.58. The first-order valence-corrected chi connectivity index (χ1v) is 3.79. The second-order valence-corrected chi connectivity index (χ2v) is 3.48. The number of alkyl halides is 1. The normalized spacial score (nSPS) is 28.3. The summed E-state index contributed by atoms with van der Waals surface area (Å²) in [5.74, 6) is 0. The summed E-state index contributed by atoms with van der Waals surface area (Å²) < 4.78 is 12.8. The number of halogens is 1. The van der Waals surface area contributed by atoms with Crippen molar-refractivity contribution in [2.45, 2.75) is 45.7 Å². The minimum absolute atomic E-state index is 0.0278. The maximum Gasteiger partial charge on any atom is 0.103 e. The van der Waals surface area contributed by atoms with Gasteiger partial charge in [-0.2, -0.15) is 0 Å². The van der Waals surface area contributed by atoms with E-state index in [1.54, 1.807) is 6.92 Å². The van der Waals surface area contributed by atoms with Crippen molar-refractivity contribution in [3.8, 4) is 0 Å². The van der Waals surface area contributed by atoms with Crippen LogP contribution < -0.4 is 0 Å². The summed E-state index contributed by atoms with van der Waals surface area (Å²) in [5.41, 5.74) is 0.0278. The topological polar surface area (TPSA) is 0 Å². The second-order valence-electron chi connectivity index (χ2n) is 3.48. The first kappa shape index (κ1) is 7.04. The molecule has 1 heteroatoms. The Kier molecular flexibility index (Phi) is 1.78. The quantitative estimate of drug-likeness (QED) is 0.512. The monoisotopic (exact) mass is 130 g/mol. The molecule has 0 radical (unpaired) electrons. The van der Waals surface area contributed by atoms with Crippen molar-refractivity contribution < 1.29 is 4.39 Å². The van der Waals surface area contributed by atoms with Crippen LogP contribution in [0.5, 0.6) is 0 Å². The molecule has 0 amide bonds. The van der Waals surface area contributed by atoms with Gasteiger partial charge in [0.25, 0.3) is 0 Å². The molecule has 0 aromatic rings.